The number of hydrogen-bond acceptors (Lipinski definition) is 0. The van der Waals surface area contributed by atoms with Crippen molar-refractivity contribution in [3.05, 3.63) is 66.0 Å². The molecule has 0 aliphatic rings. The number of hydrogen-bond donors (Lipinski definition) is 0. The van der Waals surface area contributed by atoms with Gasteiger partial charge in [0.05, 0.1) is 0 Å². The SMILES string of the molecule is Cc1cc[n+](CCc2ccccc2)cc1. The van der Waals surface area contributed by atoms with E-state index in [4.69, 9.17) is 0 Å². The zero-order valence-electron chi connectivity index (χ0n) is 9.06. The number of aryl methyl sites for hydroxylation is 3. The summed E-state index contributed by atoms with van der Waals surface area (Å²) in [6, 6.07) is 14.9. The zero-order chi connectivity index (χ0) is 10.5. The predicted molar refractivity (Wildman–Crippen MR) is 61.5 cm³/mol. The number of nitrogens with zero attached hydrogens (tertiary/aromatic N) is 1. The van der Waals surface area contributed by atoms with Crippen LogP contribution in [0.3, 0.4) is 0 Å². The highest BCUT2D eigenvalue weighted by Crippen LogP contribution is 1.99. The molecule has 1 aromatic heterocycles. The van der Waals surface area contributed by atoms with E-state index < -0.39 is 0 Å². The first-order valence-electron chi connectivity index (χ1n) is 5.34. The Morgan fingerprint density at radius 1 is 0.933 bits per heavy atom. The van der Waals surface area contributed by atoms with Gasteiger partial charge in [-0.25, -0.2) is 4.57 Å². The molecule has 1 nitrogen and oxygen atoms in total. The maximum absolute atomic E-state index is 2.22. The van der Waals surface area contributed by atoms with Crippen LogP contribution in [0.1, 0.15) is 11.1 Å². The highest BCUT2D eigenvalue weighted by molar-refractivity contribution is 5.14. The van der Waals surface area contributed by atoms with Gasteiger partial charge in [-0.2, -0.15) is 0 Å². The third-order valence-corrected chi connectivity index (χ3v) is 2.56. The molecule has 0 amide bonds. The average molecular weight is 198 g/mol. The summed E-state index contributed by atoms with van der Waals surface area (Å²) in [7, 11) is 0. The summed E-state index contributed by atoms with van der Waals surface area (Å²) in [6.45, 7) is 3.16. The van der Waals surface area contributed by atoms with Gasteiger partial charge in [-0.1, -0.05) is 30.3 Å². The highest BCUT2D eigenvalue weighted by atomic mass is 14.9. The van der Waals surface area contributed by atoms with E-state index in [1.165, 1.54) is 11.1 Å². The van der Waals surface area contributed by atoms with Crippen molar-refractivity contribution in [1.82, 2.24) is 0 Å². The van der Waals surface area contributed by atoms with E-state index in [1.807, 2.05) is 0 Å². The molecular formula is C14H16N+. The van der Waals surface area contributed by atoms with Crippen LogP contribution >= 0.6 is 0 Å². The molecule has 0 aliphatic heterocycles. The van der Waals surface area contributed by atoms with E-state index >= 15 is 0 Å². The maximum atomic E-state index is 2.22. The van der Waals surface area contributed by atoms with Gasteiger partial charge in [0, 0.05) is 18.6 Å². The lowest BCUT2D eigenvalue weighted by Gasteiger charge is -1.98. The second kappa shape index (κ2) is 4.74. The van der Waals surface area contributed by atoms with Crippen molar-refractivity contribution in [3.63, 3.8) is 0 Å². The fraction of sp³-hybridized carbons (Fsp3) is 0.214. The molecule has 2 aromatic rings. The summed E-state index contributed by atoms with van der Waals surface area (Å²) in [5, 5.41) is 0. The molecule has 0 spiro atoms. The molecule has 0 saturated heterocycles. The van der Waals surface area contributed by atoms with Gasteiger partial charge in [0.1, 0.15) is 0 Å². The largest absolute Gasteiger partial charge is 0.205 e. The fourth-order valence-corrected chi connectivity index (χ4v) is 1.58. The molecule has 76 valence electrons. The van der Waals surface area contributed by atoms with Gasteiger partial charge in [-0.3, -0.25) is 0 Å². The lowest BCUT2D eigenvalue weighted by Crippen LogP contribution is -2.33. The Bertz CT molecular complexity index is 403. The van der Waals surface area contributed by atoms with Crippen LogP contribution in [0.25, 0.3) is 0 Å². The predicted octanol–water partition coefficient (Wildman–Crippen LogP) is 2.53. The van der Waals surface area contributed by atoms with Crippen molar-refractivity contribution in [2.45, 2.75) is 19.9 Å². The third kappa shape index (κ3) is 2.91. The van der Waals surface area contributed by atoms with Crippen molar-refractivity contribution in [2.24, 2.45) is 0 Å². The molecule has 15 heavy (non-hydrogen) atoms. The quantitative estimate of drug-likeness (QED) is 0.667. The highest BCUT2D eigenvalue weighted by Gasteiger charge is 1.99. The molecule has 1 heteroatoms. The normalized spacial score (nSPS) is 10.2. The molecule has 0 unspecified atom stereocenters. The van der Waals surface area contributed by atoms with Gasteiger partial charge in [-0.15, -0.1) is 0 Å². The van der Waals surface area contributed by atoms with Crippen LogP contribution in [0.15, 0.2) is 54.9 Å². The molecule has 2 rings (SSSR count). The van der Waals surface area contributed by atoms with Crippen LogP contribution in [0.4, 0.5) is 0 Å². The summed E-state index contributed by atoms with van der Waals surface area (Å²) in [5.74, 6) is 0. The summed E-state index contributed by atoms with van der Waals surface area (Å²) in [6.07, 6.45) is 5.37. The Balaban J connectivity index is 1.96. The van der Waals surface area contributed by atoms with Crippen molar-refractivity contribution in [2.75, 3.05) is 0 Å². The van der Waals surface area contributed by atoms with Crippen molar-refractivity contribution >= 4 is 0 Å². The maximum Gasteiger partial charge on any atom is 0.169 e. The van der Waals surface area contributed by atoms with Crippen molar-refractivity contribution in [3.8, 4) is 0 Å². The minimum absolute atomic E-state index is 1.05. The topological polar surface area (TPSA) is 3.88 Å². The van der Waals surface area contributed by atoms with Crippen LogP contribution in [-0.4, -0.2) is 0 Å². The molecule has 1 aromatic carbocycles. The van der Waals surface area contributed by atoms with Gasteiger partial charge < -0.3 is 0 Å². The Morgan fingerprint density at radius 2 is 1.60 bits per heavy atom. The van der Waals surface area contributed by atoms with Crippen LogP contribution < -0.4 is 4.57 Å². The van der Waals surface area contributed by atoms with E-state index in [0.29, 0.717) is 0 Å². The zero-order valence-corrected chi connectivity index (χ0v) is 9.06. The molecule has 0 aliphatic carbocycles. The number of rotatable bonds is 3. The molecule has 1 heterocycles. The Hall–Kier alpha value is -1.63. The van der Waals surface area contributed by atoms with Crippen LogP contribution in [0.2, 0.25) is 0 Å². The van der Waals surface area contributed by atoms with Crippen LogP contribution in [-0.2, 0) is 13.0 Å². The molecule has 0 radical (unpaired) electrons. The Kier molecular flexibility index (Phi) is 3.13. The summed E-state index contributed by atoms with van der Waals surface area (Å²) in [5.41, 5.74) is 2.71. The lowest BCUT2D eigenvalue weighted by atomic mass is 10.1. The van der Waals surface area contributed by atoms with Crippen LogP contribution in [0, 0.1) is 6.92 Å². The smallest absolute Gasteiger partial charge is 0.169 e. The minimum Gasteiger partial charge on any atom is -0.205 e. The number of benzene rings is 1. The number of aromatic nitrogens is 1. The Labute approximate surface area is 91.0 Å². The van der Waals surface area contributed by atoms with E-state index in [-0.39, 0.29) is 0 Å². The standard InChI is InChI=1S/C14H16N/c1-13-7-10-15(11-8-13)12-9-14-5-3-2-4-6-14/h2-8,10-11H,9,12H2,1H3/q+1. The second-order valence-electron chi connectivity index (χ2n) is 3.85. The average Bonchev–Trinajstić information content (AvgIpc) is 2.30. The molecule has 0 N–H and O–H groups in total. The van der Waals surface area contributed by atoms with Crippen molar-refractivity contribution in [1.29, 1.82) is 0 Å². The Morgan fingerprint density at radius 3 is 2.27 bits per heavy atom. The minimum atomic E-state index is 1.05. The van der Waals surface area contributed by atoms with Gasteiger partial charge >= 0.3 is 0 Å². The molecule has 0 fully saturated rings. The molecular weight excluding hydrogens is 182 g/mol. The van der Waals surface area contributed by atoms with E-state index in [2.05, 4.69) is 66.3 Å². The second-order valence-corrected chi connectivity index (χ2v) is 3.85. The van der Waals surface area contributed by atoms with E-state index in [9.17, 15) is 0 Å². The lowest BCUT2D eigenvalue weighted by molar-refractivity contribution is -0.696. The summed E-state index contributed by atoms with van der Waals surface area (Å²) in [4.78, 5) is 0. The molecule has 0 saturated carbocycles. The van der Waals surface area contributed by atoms with E-state index in [0.717, 1.165) is 13.0 Å². The first kappa shape index (κ1) is 9.91. The van der Waals surface area contributed by atoms with Gasteiger partial charge in [0.25, 0.3) is 0 Å². The monoisotopic (exact) mass is 198 g/mol. The van der Waals surface area contributed by atoms with Gasteiger partial charge in [0.15, 0.2) is 18.9 Å². The number of pyridine rings is 1. The van der Waals surface area contributed by atoms with Crippen molar-refractivity contribution < 1.29 is 4.57 Å². The van der Waals surface area contributed by atoms with Gasteiger partial charge in [0.2, 0.25) is 0 Å². The summed E-state index contributed by atoms with van der Waals surface area (Å²) < 4.78 is 2.22. The fourth-order valence-electron chi connectivity index (χ4n) is 1.58. The first-order chi connectivity index (χ1) is 7.34. The van der Waals surface area contributed by atoms with Gasteiger partial charge in [-0.05, 0) is 18.1 Å². The summed E-state index contributed by atoms with van der Waals surface area (Å²) >= 11 is 0. The first-order valence-corrected chi connectivity index (χ1v) is 5.34. The molecule has 0 atom stereocenters. The van der Waals surface area contributed by atoms with Crippen LogP contribution in [0.5, 0.6) is 0 Å². The molecule has 0 bridgehead atoms. The van der Waals surface area contributed by atoms with E-state index in [1.54, 1.807) is 0 Å². The third-order valence-electron chi connectivity index (χ3n) is 2.56.